The molecule has 31 heavy (non-hydrogen) atoms. The van der Waals surface area contributed by atoms with Gasteiger partial charge in [-0.2, -0.15) is 28.6 Å². The van der Waals surface area contributed by atoms with Crippen molar-refractivity contribution in [2.24, 2.45) is 0 Å². The second-order valence-corrected chi connectivity index (χ2v) is 8.80. The quantitative estimate of drug-likeness (QED) is 0.584. The van der Waals surface area contributed by atoms with Gasteiger partial charge in [0, 0.05) is 23.7 Å². The average molecular weight is 429 g/mol. The second kappa shape index (κ2) is 6.88. The van der Waals surface area contributed by atoms with Gasteiger partial charge >= 0.3 is 6.18 Å². The van der Waals surface area contributed by atoms with Gasteiger partial charge in [0.2, 0.25) is 0 Å². The van der Waals surface area contributed by atoms with Crippen LogP contribution in [0.4, 0.5) is 19.0 Å². The van der Waals surface area contributed by atoms with Crippen molar-refractivity contribution < 1.29 is 13.2 Å². The minimum atomic E-state index is -4.50. The third-order valence-electron chi connectivity index (χ3n) is 6.97. The van der Waals surface area contributed by atoms with Crippen molar-refractivity contribution in [1.82, 2.24) is 30.9 Å². The number of rotatable bonds is 3. The molecule has 2 bridgehead atoms. The van der Waals surface area contributed by atoms with E-state index in [9.17, 15) is 13.2 Å². The molecule has 1 aromatic carbocycles. The first-order chi connectivity index (χ1) is 15.0. The summed E-state index contributed by atoms with van der Waals surface area (Å²) >= 11 is 0. The van der Waals surface area contributed by atoms with Crippen molar-refractivity contribution in [1.29, 1.82) is 0 Å². The van der Waals surface area contributed by atoms with E-state index in [2.05, 4.69) is 36.2 Å². The molecule has 6 rings (SSSR count). The van der Waals surface area contributed by atoms with Gasteiger partial charge in [-0.3, -0.25) is 0 Å². The molecule has 1 aliphatic heterocycles. The number of alkyl halides is 3. The molecule has 3 unspecified atom stereocenters. The van der Waals surface area contributed by atoms with E-state index < -0.39 is 11.7 Å². The minimum absolute atomic E-state index is 0.181. The first-order valence-corrected chi connectivity index (χ1v) is 10.8. The third-order valence-corrected chi connectivity index (χ3v) is 6.97. The van der Waals surface area contributed by atoms with E-state index in [1.807, 2.05) is 0 Å². The summed E-state index contributed by atoms with van der Waals surface area (Å²) in [4.78, 5) is 0. The van der Waals surface area contributed by atoms with Gasteiger partial charge in [0.25, 0.3) is 0 Å². The second-order valence-electron chi connectivity index (χ2n) is 8.80. The number of aromatic amines is 1. The lowest BCUT2D eigenvalue weighted by Crippen LogP contribution is -2.39. The highest BCUT2D eigenvalue weighted by molar-refractivity contribution is 5.94. The first kappa shape index (κ1) is 19.0. The molecule has 10 heteroatoms. The molecular formula is C21H22F3N7. The molecule has 3 N–H and O–H groups in total. The molecule has 2 fully saturated rings. The van der Waals surface area contributed by atoms with E-state index in [-0.39, 0.29) is 11.0 Å². The van der Waals surface area contributed by atoms with Crippen LogP contribution in [-0.4, -0.2) is 44.7 Å². The van der Waals surface area contributed by atoms with Gasteiger partial charge in [0.15, 0.2) is 5.82 Å². The number of fused-ring (bicyclic) bond motifs is 6. The smallest absolute Gasteiger partial charge is 0.364 e. The number of aromatic nitrogens is 5. The molecule has 7 nitrogen and oxygen atoms in total. The number of anilines is 1. The zero-order valence-electron chi connectivity index (χ0n) is 16.8. The molecule has 162 valence electrons. The fraction of sp³-hybridized carbons (Fsp3) is 0.524. The number of nitrogens with one attached hydrogen (secondary N) is 3. The molecule has 3 heterocycles. The summed E-state index contributed by atoms with van der Waals surface area (Å²) in [5, 5.41) is 26.2. The highest BCUT2D eigenvalue weighted by Gasteiger charge is 2.43. The van der Waals surface area contributed by atoms with Crippen LogP contribution in [0.15, 0.2) is 12.1 Å². The Hall–Kier alpha value is -2.75. The van der Waals surface area contributed by atoms with Crippen LogP contribution in [0, 0.1) is 0 Å². The van der Waals surface area contributed by atoms with Crippen LogP contribution in [-0.2, 0) is 6.18 Å². The molecule has 1 saturated heterocycles. The van der Waals surface area contributed by atoms with Crippen molar-refractivity contribution >= 4 is 16.9 Å². The summed E-state index contributed by atoms with van der Waals surface area (Å²) in [6.07, 6.45) is 0.944. The number of piperidine rings is 1. The Labute approximate surface area is 176 Å². The lowest BCUT2D eigenvalue weighted by molar-refractivity contribution is -0.136. The van der Waals surface area contributed by atoms with Gasteiger partial charge in [-0.05, 0) is 68.2 Å². The van der Waals surface area contributed by atoms with Crippen molar-refractivity contribution in [3.63, 3.8) is 0 Å². The normalized spacial score (nSPS) is 25.2. The molecule has 3 atom stereocenters. The fourth-order valence-corrected chi connectivity index (χ4v) is 5.62. The standard InChI is InChI=1S/C21H22F3N7/c22-21(23,24)14-6-5-13(18-19(14)29-31-28-18)17-15-10-3-4-11(8-10)16(15)20(30-27-17)26-12-2-1-7-25-9-12/h5-6,10-12,25H,1-4,7-9H2,(H,26,30)(H,28,29,31). The number of benzene rings is 1. The Kier molecular flexibility index (Phi) is 4.21. The molecule has 0 spiro atoms. The molecule has 1 saturated carbocycles. The number of hydrogen-bond acceptors (Lipinski definition) is 6. The maximum absolute atomic E-state index is 13.4. The molecule has 3 aliphatic rings. The molecular weight excluding hydrogens is 407 g/mol. The van der Waals surface area contributed by atoms with Gasteiger partial charge in [0.05, 0.1) is 11.3 Å². The number of halogens is 3. The minimum Gasteiger partial charge on any atom is -0.364 e. The van der Waals surface area contributed by atoms with Crippen LogP contribution in [0.1, 0.15) is 60.6 Å². The molecule has 3 aromatic rings. The van der Waals surface area contributed by atoms with Crippen molar-refractivity contribution in [3.05, 3.63) is 28.8 Å². The van der Waals surface area contributed by atoms with E-state index in [0.29, 0.717) is 29.1 Å². The van der Waals surface area contributed by atoms with Gasteiger partial charge in [-0.15, -0.1) is 10.2 Å². The third kappa shape index (κ3) is 2.99. The van der Waals surface area contributed by atoms with Gasteiger partial charge in [-0.25, -0.2) is 0 Å². The van der Waals surface area contributed by atoms with Crippen LogP contribution in [0.3, 0.4) is 0 Å². The van der Waals surface area contributed by atoms with Crippen molar-refractivity contribution in [2.75, 3.05) is 18.4 Å². The molecule has 0 radical (unpaired) electrons. The van der Waals surface area contributed by atoms with Crippen LogP contribution in [0.2, 0.25) is 0 Å². The molecule has 0 amide bonds. The predicted octanol–water partition coefficient (Wildman–Crippen LogP) is 3.96. The van der Waals surface area contributed by atoms with Crippen molar-refractivity contribution in [3.8, 4) is 11.3 Å². The SMILES string of the molecule is FC(F)(F)c1ccc(-c2nnc(NC3CCCNC3)c3c2C2CCC3C2)c2n[nH]nc12. The predicted molar refractivity (Wildman–Crippen MR) is 109 cm³/mol. The van der Waals surface area contributed by atoms with Gasteiger partial charge in [0.1, 0.15) is 11.0 Å². The summed E-state index contributed by atoms with van der Waals surface area (Å²) in [7, 11) is 0. The van der Waals surface area contributed by atoms with E-state index in [1.165, 1.54) is 11.6 Å². The highest BCUT2D eigenvalue weighted by atomic mass is 19.4. The van der Waals surface area contributed by atoms with Crippen LogP contribution < -0.4 is 10.6 Å². The van der Waals surface area contributed by atoms with Crippen molar-refractivity contribution in [2.45, 2.75) is 56.2 Å². The summed E-state index contributed by atoms with van der Waals surface area (Å²) in [5.41, 5.74) is 2.73. The highest BCUT2D eigenvalue weighted by Crippen LogP contribution is 2.57. The molecule has 2 aliphatic carbocycles. The van der Waals surface area contributed by atoms with E-state index in [4.69, 9.17) is 0 Å². The van der Waals surface area contributed by atoms with Gasteiger partial charge < -0.3 is 10.6 Å². The zero-order valence-corrected chi connectivity index (χ0v) is 16.8. The topological polar surface area (TPSA) is 91.4 Å². The lowest BCUT2D eigenvalue weighted by Gasteiger charge is -2.27. The van der Waals surface area contributed by atoms with E-state index >= 15 is 0 Å². The largest absolute Gasteiger partial charge is 0.418 e. The monoisotopic (exact) mass is 429 g/mol. The van der Waals surface area contributed by atoms with E-state index in [0.717, 1.165) is 62.6 Å². The Morgan fingerprint density at radius 1 is 0.968 bits per heavy atom. The molecule has 2 aromatic heterocycles. The van der Waals surface area contributed by atoms with Gasteiger partial charge in [-0.1, -0.05) is 0 Å². The van der Waals surface area contributed by atoms with Crippen LogP contribution >= 0.6 is 0 Å². The van der Waals surface area contributed by atoms with E-state index in [1.54, 1.807) is 0 Å². The average Bonchev–Trinajstić information content (AvgIpc) is 3.50. The summed E-state index contributed by atoms with van der Waals surface area (Å²) in [6.45, 7) is 1.93. The Bertz CT molecular complexity index is 1150. The summed E-state index contributed by atoms with van der Waals surface area (Å²) in [5.74, 6) is 1.62. The number of H-pyrrole nitrogens is 1. The maximum Gasteiger partial charge on any atom is 0.418 e. The summed E-state index contributed by atoms with van der Waals surface area (Å²) in [6, 6.07) is 2.84. The maximum atomic E-state index is 13.4. The number of nitrogens with zero attached hydrogens (tertiary/aromatic N) is 4. The number of hydrogen-bond donors (Lipinski definition) is 3. The first-order valence-electron chi connectivity index (χ1n) is 10.8. The Balaban J connectivity index is 1.48. The van der Waals surface area contributed by atoms with Crippen LogP contribution in [0.25, 0.3) is 22.3 Å². The fourth-order valence-electron chi connectivity index (χ4n) is 5.62. The van der Waals surface area contributed by atoms with Crippen LogP contribution in [0.5, 0.6) is 0 Å². The lowest BCUT2D eigenvalue weighted by atomic mass is 9.88. The Morgan fingerprint density at radius 3 is 2.55 bits per heavy atom. The Morgan fingerprint density at radius 2 is 1.77 bits per heavy atom. The summed E-state index contributed by atoms with van der Waals surface area (Å²) < 4.78 is 40.3. The zero-order chi connectivity index (χ0) is 21.2.